The summed E-state index contributed by atoms with van der Waals surface area (Å²) in [4.78, 5) is 12.0. The van der Waals surface area contributed by atoms with Crippen LogP contribution < -0.4 is 0 Å². The highest BCUT2D eigenvalue weighted by atomic mass is 19.4. The summed E-state index contributed by atoms with van der Waals surface area (Å²) in [7, 11) is 0. The monoisotopic (exact) mass is 482 g/mol. The summed E-state index contributed by atoms with van der Waals surface area (Å²) >= 11 is 0. The first kappa shape index (κ1) is 29.4. The number of ether oxygens (including phenoxy) is 3. The minimum atomic E-state index is -6.10. The van der Waals surface area contributed by atoms with Crippen LogP contribution >= 0.6 is 0 Å². The fourth-order valence-corrected chi connectivity index (χ4v) is 1.65. The topological polar surface area (TPSA) is 65.0 Å². The van der Waals surface area contributed by atoms with Gasteiger partial charge in [-0.3, -0.25) is 4.74 Å². The van der Waals surface area contributed by atoms with Crippen LogP contribution in [0.1, 0.15) is 27.2 Å². The number of aliphatic hydroxyl groups is 1. The number of alkyl halides is 10. The number of esters is 1. The summed E-state index contributed by atoms with van der Waals surface area (Å²) in [6.07, 6.45) is -17.2. The van der Waals surface area contributed by atoms with Gasteiger partial charge in [0.1, 0.15) is 0 Å². The van der Waals surface area contributed by atoms with Crippen LogP contribution in [0.15, 0.2) is 12.2 Å². The van der Waals surface area contributed by atoms with E-state index in [1.165, 1.54) is 13.8 Å². The first-order valence-electron chi connectivity index (χ1n) is 8.34. The third-order valence-corrected chi connectivity index (χ3v) is 3.49. The van der Waals surface area contributed by atoms with Crippen molar-refractivity contribution < 1.29 is 68.0 Å². The summed E-state index contributed by atoms with van der Waals surface area (Å²) in [5.41, 5.74) is -2.30. The highest BCUT2D eigenvalue weighted by molar-refractivity contribution is 5.79. The maximum absolute atomic E-state index is 13.6. The second-order valence-corrected chi connectivity index (χ2v) is 6.79. The van der Waals surface area contributed by atoms with Crippen LogP contribution in [-0.4, -0.2) is 60.6 Å². The number of carbonyl (C=O) groups is 1. The second-order valence-electron chi connectivity index (χ2n) is 6.79. The molecule has 0 bridgehead atoms. The molecule has 0 saturated carbocycles. The largest absolute Gasteiger partial charge is 0.461 e. The molecule has 0 aliphatic rings. The van der Waals surface area contributed by atoms with E-state index in [1.54, 1.807) is 0 Å². The van der Waals surface area contributed by atoms with Gasteiger partial charge in [-0.25, -0.2) is 13.6 Å². The Balaban J connectivity index is 6.04. The second kappa shape index (κ2) is 9.90. The average molecular weight is 482 g/mol. The maximum atomic E-state index is 13.6. The third-order valence-electron chi connectivity index (χ3n) is 3.49. The molecule has 0 heterocycles. The molecule has 2 atom stereocenters. The molecule has 0 amide bonds. The lowest BCUT2D eigenvalue weighted by atomic mass is 10.1. The fourth-order valence-electron chi connectivity index (χ4n) is 1.65. The summed E-state index contributed by atoms with van der Waals surface area (Å²) < 4.78 is 143. The lowest BCUT2D eigenvalue weighted by molar-refractivity contribution is -0.395. The Morgan fingerprint density at radius 3 is 1.84 bits per heavy atom. The minimum Gasteiger partial charge on any atom is -0.461 e. The van der Waals surface area contributed by atoms with Crippen molar-refractivity contribution in [3.63, 3.8) is 0 Å². The SMILES string of the molecule is C=C(C(O)OC(OCCC(F)(F)C(C)(F)F)(C(=O)OCC(C)C)C(F)(F)F)C(F)(F)F. The Labute approximate surface area is 169 Å². The first-order chi connectivity index (χ1) is 13.6. The first-order valence-corrected chi connectivity index (χ1v) is 8.34. The normalized spacial score (nSPS) is 16.7. The van der Waals surface area contributed by atoms with E-state index >= 15 is 0 Å². The summed E-state index contributed by atoms with van der Waals surface area (Å²) in [6, 6.07) is 0. The molecule has 5 nitrogen and oxygen atoms in total. The number of hydrogen-bond acceptors (Lipinski definition) is 5. The van der Waals surface area contributed by atoms with Gasteiger partial charge in [0, 0.05) is 13.3 Å². The Bertz CT molecular complexity index is 624. The third kappa shape index (κ3) is 7.79. The molecule has 0 spiro atoms. The lowest BCUT2D eigenvalue weighted by Crippen LogP contribution is -2.59. The van der Waals surface area contributed by atoms with Gasteiger partial charge in [0.15, 0.2) is 6.29 Å². The van der Waals surface area contributed by atoms with Crippen LogP contribution in [0.3, 0.4) is 0 Å². The zero-order valence-corrected chi connectivity index (χ0v) is 16.3. The van der Waals surface area contributed by atoms with Crippen LogP contribution in [0.25, 0.3) is 0 Å². The molecule has 0 saturated heterocycles. The van der Waals surface area contributed by atoms with Crippen molar-refractivity contribution in [1.29, 1.82) is 0 Å². The zero-order chi connectivity index (χ0) is 25.1. The van der Waals surface area contributed by atoms with Crippen molar-refractivity contribution in [2.24, 2.45) is 5.92 Å². The van der Waals surface area contributed by atoms with Crippen molar-refractivity contribution in [3.05, 3.63) is 12.2 Å². The predicted octanol–water partition coefficient (Wildman–Crippen LogP) is 4.59. The summed E-state index contributed by atoms with van der Waals surface area (Å²) in [5.74, 6) is -17.6. The molecule has 31 heavy (non-hydrogen) atoms. The van der Waals surface area contributed by atoms with Gasteiger partial charge >= 0.3 is 36.0 Å². The predicted molar refractivity (Wildman–Crippen MR) is 83.0 cm³/mol. The van der Waals surface area contributed by atoms with Crippen LogP contribution in [0.2, 0.25) is 0 Å². The van der Waals surface area contributed by atoms with Crippen molar-refractivity contribution in [3.8, 4) is 0 Å². The van der Waals surface area contributed by atoms with Crippen molar-refractivity contribution >= 4 is 5.97 Å². The Morgan fingerprint density at radius 1 is 1.00 bits per heavy atom. The van der Waals surface area contributed by atoms with E-state index < -0.39 is 73.4 Å². The van der Waals surface area contributed by atoms with Crippen LogP contribution in [0.4, 0.5) is 43.9 Å². The highest BCUT2D eigenvalue weighted by Gasteiger charge is 2.67. The standard InChI is InChI=1S/C16H20F10O5/c1-8(2)7-29-11(28)14(16(24,25)26,31-10(27)9(3)15(21,22)23)30-6-5-13(19,20)12(4,17)18/h8,10,27H,3,5-7H2,1-2,4H3. The molecule has 2 unspecified atom stereocenters. The Morgan fingerprint density at radius 2 is 1.48 bits per heavy atom. The number of halogens is 10. The Hall–Kier alpha value is -1.61. The number of rotatable bonds is 11. The van der Waals surface area contributed by atoms with E-state index in [1.807, 2.05) is 0 Å². The van der Waals surface area contributed by atoms with E-state index in [9.17, 15) is 53.8 Å². The molecule has 0 aromatic heterocycles. The highest BCUT2D eigenvalue weighted by Crippen LogP contribution is 2.41. The molecule has 0 fully saturated rings. The van der Waals surface area contributed by atoms with Gasteiger partial charge in [0.2, 0.25) is 0 Å². The number of aliphatic hydroxyl groups excluding tert-OH is 1. The van der Waals surface area contributed by atoms with Gasteiger partial charge in [-0.1, -0.05) is 20.4 Å². The number of hydrogen-bond donors (Lipinski definition) is 1. The molecule has 15 heteroatoms. The zero-order valence-electron chi connectivity index (χ0n) is 16.3. The van der Waals surface area contributed by atoms with E-state index in [4.69, 9.17) is 0 Å². The molecule has 0 aromatic carbocycles. The summed E-state index contributed by atoms with van der Waals surface area (Å²) in [5, 5.41) is 9.37. The van der Waals surface area contributed by atoms with E-state index in [0.717, 1.165) is 0 Å². The van der Waals surface area contributed by atoms with Gasteiger partial charge in [-0.05, 0) is 5.92 Å². The average Bonchev–Trinajstić information content (AvgIpc) is 2.54. The molecule has 0 aliphatic carbocycles. The molecular weight excluding hydrogens is 462 g/mol. The van der Waals surface area contributed by atoms with Crippen molar-refractivity contribution in [1.82, 2.24) is 0 Å². The maximum Gasteiger partial charge on any atom is 0.455 e. The van der Waals surface area contributed by atoms with Gasteiger partial charge < -0.3 is 14.6 Å². The quantitative estimate of drug-likeness (QED) is 0.202. The van der Waals surface area contributed by atoms with E-state index in [-0.39, 0.29) is 6.92 Å². The van der Waals surface area contributed by atoms with Gasteiger partial charge in [0.05, 0.1) is 18.8 Å². The van der Waals surface area contributed by atoms with Gasteiger partial charge in [-0.15, -0.1) is 0 Å². The van der Waals surface area contributed by atoms with E-state index in [2.05, 4.69) is 20.8 Å². The smallest absolute Gasteiger partial charge is 0.455 e. The van der Waals surface area contributed by atoms with Gasteiger partial charge in [0.25, 0.3) is 0 Å². The van der Waals surface area contributed by atoms with Crippen LogP contribution in [0, 0.1) is 5.92 Å². The molecule has 184 valence electrons. The van der Waals surface area contributed by atoms with Crippen LogP contribution in [-0.2, 0) is 19.0 Å². The minimum absolute atomic E-state index is 0.242. The van der Waals surface area contributed by atoms with Crippen molar-refractivity contribution in [2.45, 2.75) is 63.5 Å². The molecular formula is C16H20F10O5. The number of carbonyl (C=O) groups excluding carboxylic acids is 1. The molecule has 0 radical (unpaired) electrons. The fraction of sp³-hybridized carbons (Fsp3) is 0.812. The molecule has 0 aromatic rings. The molecule has 0 rings (SSSR count). The lowest BCUT2D eigenvalue weighted by Gasteiger charge is -2.35. The van der Waals surface area contributed by atoms with Crippen molar-refractivity contribution in [2.75, 3.05) is 13.2 Å². The van der Waals surface area contributed by atoms with Crippen LogP contribution in [0.5, 0.6) is 0 Å². The Kier molecular flexibility index (Phi) is 9.38. The summed E-state index contributed by atoms with van der Waals surface area (Å²) in [6.45, 7) is 2.06. The van der Waals surface area contributed by atoms with E-state index in [0.29, 0.717) is 0 Å². The molecule has 0 aliphatic heterocycles. The van der Waals surface area contributed by atoms with Gasteiger partial charge in [-0.2, -0.15) is 35.1 Å². The molecule has 1 N–H and O–H groups in total.